The molecule has 1 amide bonds. The molecule has 0 saturated carbocycles. The second-order valence-corrected chi connectivity index (χ2v) is 7.91. The van der Waals surface area contributed by atoms with E-state index in [-0.39, 0.29) is 30.3 Å². The molecule has 134 valence electrons. The van der Waals surface area contributed by atoms with E-state index in [9.17, 15) is 13.2 Å². The van der Waals surface area contributed by atoms with Gasteiger partial charge in [0.1, 0.15) is 5.75 Å². The first-order chi connectivity index (χ1) is 11.9. The normalized spacial score (nSPS) is 11.1. The van der Waals surface area contributed by atoms with Gasteiger partial charge in [0.2, 0.25) is 15.9 Å². The first-order valence-electron chi connectivity index (χ1n) is 7.55. The van der Waals surface area contributed by atoms with Crippen LogP contribution in [0.4, 0.5) is 0 Å². The number of ether oxygens (including phenoxy) is 1. The van der Waals surface area contributed by atoms with Gasteiger partial charge in [-0.2, -0.15) is 0 Å². The van der Waals surface area contributed by atoms with Crippen LogP contribution in [-0.2, 0) is 21.2 Å². The standard InChI is InChI=1S/C17H19BrN2O4S/c1-24-15-6-2-13(3-7-15)12-17(21)19-10-11-20-25(22,23)16-8-4-14(18)5-9-16/h2-9,20H,10-12H2,1H3,(H,19,21). The monoisotopic (exact) mass is 426 g/mol. The molecule has 0 saturated heterocycles. The van der Waals surface area contributed by atoms with Crippen molar-refractivity contribution < 1.29 is 17.9 Å². The summed E-state index contributed by atoms with van der Waals surface area (Å²) >= 11 is 3.26. The van der Waals surface area contributed by atoms with E-state index in [1.165, 1.54) is 12.1 Å². The fourth-order valence-corrected chi connectivity index (χ4v) is 3.37. The molecule has 0 fully saturated rings. The van der Waals surface area contributed by atoms with Gasteiger partial charge in [-0.1, -0.05) is 28.1 Å². The smallest absolute Gasteiger partial charge is 0.240 e. The Balaban J connectivity index is 1.76. The van der Waals surface area contributed by atoms with Crippen LogP contribution in [0.5, 0.6) is 5.75 Å². The molecule has 2 aromatic carbocycles. The molecule has 25 heavy (non-hydrogen) atoms. The Hall–Kier alpha value is -1.90. The molecular weight excluding hydrogens is 408 g/mol. The minimum absolute atomic E-state index is 0.118. The summed E-state index contributed by atoms with van der Waals surface area (Å²) in [5, 5.41) is 2.69. The highest BCUT2D eigenvalue weighted by molar-refractivity contribution is 9.10. The van der Waals surface area contributed by atoms with Gasteiger partial charge in [0.25, 0.3) is 0 Å². The third-order valence-electron chi connectivity index (χ3n) is 3.39. The van der Waals surface area contributed by atoms with Crippen LogP contribution in [0, 0.1) is 0 Å². The zero-order valence-corrected chi connectivity index (χ0v) is 16.1. The number of carbonyl (C=O) groups is 1. The molecule has 0 aromatic heterocycles. The Bertz CT molecular complexity index is 806. The van der Waals surface area contributed by atoms with E-state index in [2.05, 4.69) is 26.0 Å². The van der Waals surface area contributed by atoms with Gasteiger partial charge in [0.05, 0.1) is 18.4 Å². The lowest BCUT2D eigenvalue weighted by Gasteiger charge is -2.08. The van der Waals surface area contributed by atoms with Gasteiger partial charge < -0.3 is 10.1 Å². The number of amides is 1. The summed E-state index contributed by atoms with van der Waals surface area (Å²) in [7, 11) is -2.00. The van der Waals surface area contributed by atoms with Crippen LogP contribution in [0.15, 0.2) is 57.9 Å². The van der Waals surface area contributed by atoms with Crippen molar-refractivity contribution in [1.29, 1.82) is 0 Å². The number of benzene rings is 2. The number of methoxy groups -OCH3 is 1. The largest absolute Gasteiger partial charge is 0.497 e. The number of carbonyl (C=O) groups excluding carboxylic acids is 1. The summed E-state index contributed by atoms with van der Waals surface area (Å²) in [6.07, 6.45) is 0.226. The predicted molar refractivity (Wildman–Crippen MR) is 99.0 cm³/mol. The van der Waals surface area contributed by atoms with Crippen LogP contribution in [0.3, 0.4) is 0 Å². The van der Waals surface area contributed by atoms with Gasteiger partial charge in [-0.05, 0) is 42.0 Å². The number of sulfonamides is 1. The molecule has 0 radical (unpaired) electrons. The number of halogens is 1. The average Bonchev–Trinajstić information content (AvgIpc) is 2.60. The summed E-state index contributed by atoms with van der Waals surface area (Å²) in [4.78, 5) is 12.1. The van der Waals surface area contributed by atoms with E-state index in [0.717, 1.165) is 15.8 Å². The summed E-state index contributed by atoms with van der Waals surface area (Å²) in [6.45, 7) is 0.331. The van der Waals surface area contributed by atoms with Gasteiger partial charge in [0, 0.05) is 17.6 Å². The maximum absolute atomic E-state index is 12.1. The highest BCUT2D eigenvalue weighted by atomic mass is 79.9. The zero-order chi connectivity index (χ0) is 18.3. The Morgan fingerprint density at radius 3 is 2.28 bits per heavy atom. The van der Waals surface area contributed by atoms with Crippen LogP contribution in [-0.4, -0.2) is 34.5 Å². The van der Waals surface area contributed by atoms with Gasteiger partial charge >= 0.3 is 0 Å². The van der Waals surface area contributed by atoms with Crippen LogP contribution >= 0.6 is 15.9 Å². The number of hydrogen-bond acceptors (Lipinski definition) is 4. The third kappa shape index (κ3) is 6.15. The van der Waals surface area contributed by atoms with Crippen molar-refractivity contribution in [2.24, 2.45) is 0 Å². The lowest BCUT2D eigenvalue weighted by molar-refractivity contribution is -0.120. The van der Waals surface area contributed by atoms with Crippen molar-refractivity contribution in [2.45, 2.75) is 11.3 Å². The minimum Gasteiger partial charge on any atom is -0.497 e. The SMILES string of the molecule is COc1ccc(CC(=O)NCCNS(=O)(=O)c2ccc(Br)cc2)cc1. The highest BCUT2D eigenvalue weighted by Gasteiger charge is 2.13. The maximum Gasteiger partial charge on any atom is 0.240 e. The molecule has 0 atom stereocenters. The first-order valence-corrected chi connectivity index (χ1v) is 9.83. The summed E-state index contributed by atoms with van der Waals surface area (Å²) in [5.74, 6) is 0.555. The van der Waals surface area contributed by atoms with E-state index >= 15 is 0 Å². The predicted octanol–water partition coefficient (Wildman–Crippen LogP) is 2.09. The van der Waals surface area contributed by atoms with Crippen molar-refractivity contribution in [3.63, 3.8) is 0 Å². The summed E-state index contributed by atoms with van der Waals surface area (Å²) < 4.78 is 32.5. The van der Waals surface area contributed by atoms with E-state index in [4.69, 9.17) is 4.74 Å². The van der Waals surface area contributed by atoms with Gasteiger partial charge in [-0.15, -0.1) is 0 Å². The lowest BCUT2D eigenvalue weighted by Crippen LogP contribution is -2.35. The minimum atomic E-state index is -3.58. The van der Waals surface area contributed by atoms with Gasteiger partial charge in [-0.25, -0.2) is 13.1 Å². The quantitative estimate of drug-likeness (QED) is 0.632. The number of hydrogen-bond donors (Lipinski definition) is 2. The number of rotatable bonds is 8. The van der Waals surface area contributed by atoms with E-state index in [1.807, 2.05) is 12.1 Å². The topological polar surface area (TPSA) is 84.5 Å². The third-order valence-corrected chi connectivity index (χ3v) is 5.39. The molecule has 0 bridgehead atoms. The second-order valence-electron chi connectivity index (χ2n) is 5.23. The fraction of sp³-hybridized carbons (Fsp3) is 0.235. The molecule has 0 unspecified atom stereocenters. The zero-order valence-electron chi connectivity index (χ0n) is 13.7. The van der Waals surface area contributed by atoms with Crippen LogP contribution in [0.2, 0.25) is 0 Å². The van der Waals surface area contributed by atoms with Crippen molar-refractivity contribution in [3.8, 4) is 5.75 Å². The van der Waals surface area contributed by atoms with Crippen molar-refractivity contribution in [2.75, 3.05) is 20.2 Å². The van der Waals surface area contributed by atoms with Crippen molar-refractivity contribution >= 4 is 31.9 Å². The molecular formula is C17H19BrN2O4S. The molecule has 0 aliphatic heterocycles. The number of nitrogens with one attached hydrogen (secondary N) is 2. The summed E-state index contributed by atoms with van der Waals surface area (Å²) in [6, 6.07) is 13.5. The molecule has 2 N–H and O–H groups in total. The van der Waals surface area contributed by atoms with Crippen molar-refractivity contribution in [3.05, 3.63) is 58.6 Å². The molecule has 0 aliphatic rings. The summed E-state index contributed by atoms with van der Waals surface area (Å²) in [5.41, 5.74) is 0.855. The van der Waals surface area contributed by atoms with Crippen molar-refractivity contribution in [1.82, 2.24) is 10.0 Å². The molecule has 0 spiro atoms. The van der Waals surface area contributed by atoms with E-state index in [1.54, 1.807) is 31.4 Å². The van der Waals surface area contributed by atoms with E-state index in [0.29, 0.717) is 0 Å². The van der Waals surface area contributed by atoms with Gasteiger partial charge in [0.15, 0.2) is 0 Å². The molecule has 2 aromatic rings. The Kier molecular flexibility index (Phi) is 6.98. The highest BCUT2D eigenvalue weighted by Crippen LogP contribution is 2.14. The molecule has 0 heterocycles. The fourth-order valence-electron chi connectivity index (χ4n) is 2.08. The second kappa shape index (κ2) is 8.98. The van der Waals surface area contributed by atoms with Crippen LogP contribution in [0.25, 0.3) is 0 Å². The first kappa shape index (κ1) is 19.4. The Morgan fingerprint density at radius 2 is 1.68 bits per heavy atom. The van der Waals surface area contributed by atoms with E-state index < -0.39 is 10.0 Å². The lowest BCUT2D eigenvalue weighted by atomic mass is 10.1. The van der Waals surface area contributed by atoms with Crippen LogP contribution in [0.1, 0.15) is 5.56 Å². The Labute approximate surface area is 155 Å². The molecule has 6 nitrogen and oxygen atoms in total. The average molecular weight is 427 g/mol. The molecule has 0 aliphatic carbocycles. The van der Waals surface area contributed by atoms with Gasteiger partial charge in [-0.3, -0.25) is 4.79 Å². The molecule has 2 rings (SSSR count). The van der Waals surface area contributed by atoms with Crippen LogP contribution < -0.4 is 14.8 Å². The maximum atomic E-state index is 12.1. The molecule has 8 heteroatoms. The Morgan fingerprint density at radius 1 is 1.04 bits per heavy atom.